The van der Waals surface area contributed by atoms with Gasteiger partial charge in [-0.1, -0.05) is 11.6 Å². The molecule has 0 unspecified atom stereocenters. The first kappa shape index (κ1) is 20.8. The lowest BCUT2D eigenvalue weighted by Gasteiger charge is -2.28. The highest BCUT2D eigenvalue weighted by Crippen LogP contribution is 2.22. The minimum Gasteiger partial charge on any atom is -0.460 e. The molecule has 0 atom stereocenters. The Morgan fingerprint density at radius 3 is 2.61 bits per heavy atom. The van der Waals surface area contributed by atoms with E-state index in [9.17, 15) is 14.9 Å². The standard InChI is InChI=1S/C21H19ClN4O5/c22-19-14-25(23-21(19)26(28)29)13-18-6-5-17(31-18)7-8-20(27)15-1-3-16(4-2-15)24-9-11-30-12-10-24/h1-8,14H,9-13H2/b8-7+. The molecule has 1 aliphatic rings. The van der Waals surface area contributed by atoms with Crippen molar-refractivity contribution >= 4 is 35.0 Å². The molecule has 1 saturated heterocycles. The Hall–Kier alpha value is -3.43. The van der Waals surface area contributed by atoms with Gasteiger partial charge in [-0.05, 0) is 53.5 Å². The van der Waals surface area contributed by atoms with Gasteiger partial charge < -0.3 is 24.2 Å². The molecular weight excluding hydrogens is 424 g/mol. The molecule has 0 spiro atoms. The predicted molar refractivity (Wildman–Crippen MR) is 115 cm³/mol. The number of morpholine rings is 1. The SMILES string of the molecule is O=C(/C=C/c1ccc(Cn2cc(Cl)c([N+](=O)[O-])n2)o1)c1ccc(N2CCOCC2)cc1. The van der Waals surface area contributed by atoms with E-state index in [0.717, 1.165) is 18.8 Å². The zero-order valence-corrected chi connectivity index (χ0v) is 17.2. The van der Waals surface area contributed by atoms with E-state index in [0.29, 0.717) is 30.3 Å². The van der Waals surface area contributed by atoms with Crippen molar-refractivity contribution in [3.8, 4) is 0 Å². The van der Waals surface area contributed by atoms with Gasteiger partial charge in [-0.15, -0.1) is 0 Å². The second-order valence-corrected chi connectivity index (χ2v) is 7.31. The van der Waals surface area contributed by atoms with Crippen LogP contribution in [0.3, 0.4) is 0 Å². The van der Waals surface area contributed by atoms with Crippen molar-refractivity contribution in [1.82, 2.24) is 9.78 Å². The van der Waals surface area contributed by atoms with E-state index in [1.54, 1.807) is 30.3 Å². The summed E-state index contributed by atoms with van der Waals surface area (Å²) in [6.45, 7) is 3.27. The maximum atomic E-state index is 12.5. The molecule has 0 N–H and O–H groups in total. The van der Waals surface area contributed by atoms with E-state index in [1.165, 1.54) is 17.0 Å². The summed E-state index contributed by atoms with van der Waals surface area (Å²) >= 11 is 5.80. The predicted octanol–water partition coefficient (Wildman–Crippen LogP) is 3.82. The summed E-state index contributed by atoms with van der Waals surface area (Å²) in [5.74, 6) is 0.469. The topological polar surface area (TPSA) is 104 Å². The van der Waals surface area contributed by atoms with Gasteiger partial charge in [0, 0.05) is 24.3 Å². The van der Waals surface area contributed by atoms with Crippen molar-refractivity contribution in [2.24, 2.45) is 0 Å². The van der Waals surface area contributed by atoms with Gasteiger partial charge in [0.2, 0.25) is 0 Å². The average Bonchev–Trinajstić information content (AvgIpc) is 3.39. The first-order valence-electron chi connectivity index (χ1n) is 9.61. The number of ether oxygens (including phenoxy) is 1. The van der Waals surface area contributed by atoms with Crippen molar-refractivity contribution in [1.29, 1.82) is 0 Å². The van der Waals surface area contributed by atoms with Crippen LogP contribution in [0.4, 0.5) is 11.5 Å². The number of benzene rings is 1. The Kier molecular flexibility index (Phi) is 6.15. The van der Waals surface area contributed by atoms with Crippen LogP contribution in [0, 0.1) is 10.1 Å². The number of carbonyl (C=O) groups is 1. The molecule has 10 heteroatoms. The lowest BCUT2D eigenvalue weighted by molar-refractivity contribution is -0.389. The highest BCUT2D eigenvalue weighted by molar-refractivity contribution is 6.32. The fourth-order valence-corrected chi connectivity index (χ4v) is 3.45. The summed E-state index contributed by atoms with van der Waals surface area (Å²) in [7, 11) is 0. The van der Waals surface area contributed by atoms with Crippen LogP contribution >= 0.6 is 11.6 Å². The summed E-state index contributed by atoms with van der Waals surface area (Å²) in [6, 6.07) is 10.9. The molecule has 31 heavy (non-hydrogen) atoms. The van der Waals surface area contributed by atoms with Gasteiger partial charge in [0.1, 0.15) is 18.1 Å². The molecule has 0 saturated carbocycles. The van der Waals surface area contributed by atoms with Gasteiger partial charge in [-0.3, -0.25) is 4.79 Å². The number of halogens is 1. The van der Waals surface area contributed by atoms with Crippen LogP contribution < -0.4 is 4.90 Å². The van der Waals surface area contributed by atoms with Gasteiger partial charge >= 0.3 is 5.82 Å². The van der Waals surface area contributed by atoms with E-state index < -0.39 is 10.7 Å². The van der Waals surface area contributed by atoms with Crippen LogP contribution in [0.15, 0.2) is 53.1 Å². The second kappa shape index (κ2) is 9.15. The van der Waals surface area contributed by atoms with E-state index in [2.05, 4.69) is 10.00 Å². The molecule has 4 rings (SSSR count). The third-order valence-corrected chi connectivity index (χ3v) is 5.07. The Balaban J connectivity index is 1.37. The van der Waals surface area contributed by atoms with Crippen LogP contribution in [0.5, 0.6) is 0 Å². The minimum absolute atomic E-state index is 0.0399. The Morgan fingerprint density at radius 2 is 1.94 bits per heavy atom. The summed E-state index contributed by atoms with van der Waals surface area (Å²) < 4.78 is 12.3. The van der Waals surface area contributed by atoms with Gasteiger partial charge in [-0.2, -0.15) is 4.68 Å². The first-order valence-corrected chi connectivity index (χ1v) is 9.98. The summed E-state index contributed by atoms with van der Waals surface area (Å²) in [6.07, 6.45) is 4.39. The summed E-state index contributed by atoms with van der Waals surface area (Å²) in [5.41, 5.74) is 1.65. The number of carbonyl (C=O) groups excluding carboxylic acids is 1. The van der Waals surface area contributed by atoms with Crippen LogP contribution in [0.25, 0.3) is 6.08 Å². The van der Waals surface area contributed by atoms with Crippen LogP contribution in [0.2, 0.25) is 5.02 Å². The van der Waals surface area contributed by atoms with Crippen molar-refractivity contribution < 1.29 is 18.9 Å². The molecule has 9 nitrogen and oxygen atoms in total. The minimum atomic E-state index is -0.645. The fourth-order valence-electron chi connectivity index (χ4n) is 3.23. The number of furan rings is 1. The third kappa shape index (κ3) is 5.01. The quantitative estimate of drug-likeness (QED) is 0.237. The smallest absolute Gasteiger partial charge is 0.408 e. The number of hydrogen-bond donors (Lipinski definition) is 0. The molecule has 3 aromatic rings. The van der Waals surface area contributed by atoms with Crippen LogP contribution in [-0.2, 0) is 11.3 Å². The van der Waals surface area contributed by atoms with Crippen LogP contribution in [0.1, 0.15) is 21.9 Å². The van der Waals surface area contributed by atoms with E-state index in [1.807, 2.05) is 12.1 Å². The molecule has 0 aliphatic carbocycles. The second-order valence-electron chi connectivity index (χ2n) is 6.90. The van der Waals surface area contributed by atoms with Gasteiger partial charge in [-0.25, -0.2) is 0 Å². The molecule has 0 radical (unpaired) electrons. The normalized spacial score (nSPS) is 14.3. The molecule has 1 fully saturated rings. The van der Waals surface area contributed by atoms with Crippen molar-refractivity contribution in [3.05, 3.63) is 80.9 Å². The molecule has 0 amide bonds. The Bertz CT molecular complexity index is 1110. The van der Waals surface area contributed by atoms with Crippen molar-refractivity contribution in [2.75, 3.05) is 31.2 Å². The monoisotopic (exact) mass is 442 g/mol. The maximum Gasteiger partial charge on any atom is 0.408 e. The number of nitro groups is 1. The lowest BCUT2D eigenvalue weighted by atomic mass is 10.1. The van der Waals surface area contributed by atoms with Gasteiger partial charge in [0.05, 0.1) is 24.5 Å². The molecule has 1 aromatic carbocycles. The number of hydrogen-bond acceptors (Lipinski definition) is 7. The number of rotatable bonds is 7. The molecule has 160 valence electrons. The first-order chi connectivity index (χ1) is 15.0. The zero-order valence-electron chi connectivity index (χ0n) is 16.4. The van der Waals surface area contributed by atoms with Crippen molar-refractivity contribution in [3.63, 3.8) is 0 Å². The fraction of sp³-hybridized carbons (Fsp3) is 0.238. The summed E-state index contributed by atoms with van der Waals surface area (Å²) in [4.78, 5) is 24.9. The zero-order chi connectivity index (χ0) is 21.8. The number of ketones is 1. The van der Waals surface area contributed by atoms with Crippen LogP contribution in [-0.4, -0.2) is 46.8 Å². The average molecular weight is 443 g/mol. The largest absolute Gasteiger partial charge is 0.460 e. The number of allylic oxidation sites excluding steroid dienone is 1. The van der Waals surface area contributed by atoms with Crippen molar-refractivity contribution in [2.45, 2.75) is 6.54 Å². The molecule has 1 aliphatic heterocycles. The van der Waals surface area contributed by atoms with E-state index in [4.69, 9.17) is 20.8 Å². The lowest BCUT2D eigenvalue weighted by Crippen LogP contribution is -2.36. The number of nitrogens with zero attached hydrogens (tertiary/aromatic N) is 4. The van der Waals surface area contributed by atoms with E-state index in [-0.39, 0.29) is 17.4 Å². The Labute approximate surface area is 182 Å². The van der Waals surface area contributed by atoms with Gasteiger partial charge in [0.15, 0.2) is 10.8 Å². The molecule has 3 heterocycles. The summed E-state index contributed by atoms with van der Waals surface area (Å²) in [5, 5.41) is 14.6. The molecular formula is C21H19ClN4O5. The highest BCUT2D eigenvalue weighted by atomic mass is 35.5. The number of anilines is 1. The Morgan fingerprint density at radius 1 is 1.19 bits per heavy atom. The molecule has 0 bridgehead atoms. The number of aromatic nitrogens is 2. The van der Waals surface area contributed by atoms with E-state index >= 15 is 0 Å². The third-order valence-electron chi connectivity index (χ3n) is 4.80. The molecule has 2 aromatic heterocycles. The highest BCUT2D eigenvalue weighted by Gasteiger charge is 2.19. The van der Waals surface area contributed by atoms with Gasteiger partial charge in [0.25, 0.3) is 0 Å². The maximum absolute atomic E-state index is 12.5.